The molecule has 1 saturated heterocycles. The van der Waals surface area contributed by atoms with Gasteiger partial charge < -0.3 is 19.7 Å². The summed E-state index contributed by atoms with van der Waals surface area (Å²) in [6.07, 6.45) is 0. The van der Waals surface area contributed by atoms with Crippen molar-refractivity contribution < 1.29 is 19.1 Å². The summed E-state index contributed by atoms with van der Waals surface area (Å²) in [5.41, 5.74) is 3.90. The molecule has 0 aliphatic carbocycles. The monoisotopic (exact) mass is 414 g/mol. The van der Waals surface area contributed by atoms with Crippen LogP contribution in [0.2, 0.25) is 0 Å². The Morgan fingerprint density at radius 1 is 1.03 bits per heavy atom. The summed E-state index contributed by atoms with van der Waals surface area (Å²) in [7, 11) is 3.16. The van der Waals surface area contributed by atoms with Crippen LogP contribution in [0.4, 0.5) is 5.69 Å². The Morgan fingerprint density at radius 3 is 2.38 bits per heavy atom. The average Bonchev–Trinajstić information content (AvgIpc) is 3.16. The van der Waals surface area contributed by atoms with Gasteiger partial charge in [0, 0.05) is 18.4 Å². The third kappa shape index (κ3) is 4.34. The average molecular weight is 415 g/mol. The lowest BCUT2D eigenvalue weighted by atomic mass is 10.1. The molecule has 0 spiro atoms. The van der Waals surface area contributed by atoms with Crippen LogP contribution in [0.3, 0.4) is 0 Å². The Labute approximate surface area is 175 Å². The van der Waals surface area contributed by atoms with Crippen LogP contribution in [0, 0.1) is 13.8 Å². The Morgan fingerprint density at radius 2 is 1.76 bits per heavy atom. The van der Waals surface area contributed by atoms with Gasteiger partial charge in [-0.25, -0.2) is 0 Å². The van der Waals surface area contributed by atoms with E-state index in [1.165, 1.54) is 12.5 Å². The SMILES string of the molecule is COc1ccc(C2SCC(C(=O)Nc3ccc(C)c(C)c3)N2C(C)=O)cc1OC. The van der Waals surface area contributed by atoms with E-state index in [1.54, 1.807) is 30.9 Å². The van der Waals surface area contributed by atoms with Gasteiger partial charge in [0.15, 0.2) is 11.5 Å². The number of aryl methyl sites for hydroxylation is 2. The minimum absolute atomic E-state index is 0.143. The lowest BCUT2D eigenvalue weighted by Crippen LogP contribution is -2.44. The van der Waals surface area contributed by atoms with Crippen LogP contribution >= 0.6 is 11.8 Å². The van der Waals surface area contributed by atoms with Gasteiger partial charge in [0.05, 0.1) is 14.2 Å². The molecule has 0 aromatic heterocycles. The number of hydrogen-bond donors (Lipinski definition) is 1. The van der Waals surface area contributed by atoms with Crippen molar-refractivity contribution in [1.82, 2.24) is 4.90 Å². The Bertz CT molecular complexity index is 931. The number of benzene rings is 2. The lowest BCUT2D eigenvalue weighted by Gasteiger charge is -2.28. The summed E-state index contributed by atoms with van der Waals surface area (Å²) in [6, 6.07) is 10.8. The zero-order chi connectivity index (χ0) is 21.1. The van der Waals surface area contributed by atoms with Gasteiger partial charge >= 0.3 is 0 Å². The minimum Gasteiger partial charge on any atom is -0.493 e. The second kappa shape index (κ2) is 8.78. The van der Waals surface area contributed by atoms with Crippen molar-refractivity contribution in [2.75, 3.05) is 25.3 Å². The highest BCUT2D eigenvalue weighted by atomic mass is 32.2. The van der Waals surface area contributed by atoms with Crippen molar-refractivity contribution in [1.29, 1.82) is 0 Å². The third-order valence-electron chi connectivity index (χ3n) is 5.13. The molecule has 0 saturated carbocycles. The first kappa shape index (κ1) is 21.0. The molecule has 7 heteroatoms. The van der Waals surface area contributed by atoms with E-state index in [-0.39, 0.29) is 17.2 Å². The lowest BCUT2D eigenvalue weighted by molar-refractivity contribution is -0.136. The summed E-state index contributed by atoms with van der Waals surface area (Å²) in [5, 5.41) is 2.70. The molecule has 2 amide bonds. The highest BCUT2D eigenvalue weighted by molar-refractivity contribution is 7.99. The zero-order valence-corrected chi connectivity index (χ0v) is 18.1. The second-order valence-corrected chi connectivity index (χ2v) is 8.14. The molecule has 154 valence electrons. The maximum Gasteiger partial charge on any atom is 0.248 e. The van der Waals surface area contributed by atoms with E-state index >= 15 is 0 Å². The molecule has 0 radical (unpaired) electrons. The third-order valence-corrected chi connectivity index (χ3v) is 6.46. The van der Waals surface area contributed by atoms with Gasteiger partial charge in [0.1, 0.15) is 11.4 Å². The molecule has 29 heavy (non-hydrogen) atoms. The number of carbonyl (C=O) groups excluding carboxylic acids is 2. The highest BCUT2D eigenvalue weighted by Crippen LogP contribution is 2.43. The molecule has 1 aliphatic rings. The molecule has 1 heterocycles. The topological polar surface area (TPSA) is 67.9 Å². The summed E-state index contributed by atoms with van der Waals surface area (Å²) in [5.74, 6) is 1.42. The number of methoxy groups -OCH3 is 2. The summed E-state index contributed by atoms with van der Waals surface area (Å²) >= 11 is 1.57. The van der Waals surface area contributed by atoms with Crippen molar-refractivity contribution in [3.8, 4) is 11.5 Å². The molecule has 1 fully saturated rings. The molecular weight excluding hydrogens is 388 g/mol. The van der Waals surface area contributed by atoms with E-state index in [4.69, 9.17) is 9.47 Å². The van der Waals surface area contributed by atoms with E-state index in [2.05, 4.69) is 5.32 Å². The Balaban J connectivity index is 1.83. The number of ether oxygens (including phenoxy) is 2. The Hall–Kier alpha value is -2.67. The van der Waals surface area contributed by atoms with Gasteiger partial charge in [0.2, 0.25) is 11.8 Å². The van der Waals surface area contributed by atoms with Gasteiger partial charge in [-0.3, -0.25) is 9.59 Å². The number of rotatable bonds is 5. The van der Waals surface area contributed by atoms with Gasteiger partial charge in [-0.15, -0.1) is 11.8 Å². The smallest absolute Gasteiger partial charge is 0.248 e. The zero-order valence-electron chi connectivity index (χ0n) is 17.3. The molecule has 2 aromatic carbocycles. The summed E-state index contributed by atoms with van der Waals surface area (Å²) in [4.78, 5) is 27.1. The normalized spacial score (nSPS) is 18.4. The van der Waals surface area contributed by atoms with Crippen molar-refractivity contribution in [3.05, 3.63) is 53.1 Å². The van der Waals surface area contributed by atoms with E-state index < -0.39 is 6.04 Å². The fraction of sp³-hybridized carbons (Fsp3) is 0.364. The van der Waals surface area contributed by atoms with Crippen LogP contribution < -0.4 is 14.8 Å². The summed E-state index contributed by atoms with van der Waals surface area (Å²) < 4.78 is 10.7. The highest BCUT2D eigenvalue weighted by Gasteiger charge is 2.41. The van der Waals surface area contributed by atoms with Gasteiger partial charge in [-0.1, -0.05) is 12.1 Å². The predicted octanol–water partition coefficient (Wildman–Crippen LogP) is 3.92. The van der Waals surface area contributed by atoms with E-state index in [9.17, 15) is 9.59 Å². The van der Waals surface area contributed by atoms with Gasteiger partial charge in [-0.2, -0.15) is 0 Å². The van der Waals surface area contributed by atoms with Gasteiger partial charge in [0.25, 0.3) is 0 Å². The van der Waals surface area contributed by atoms with Crippen molar-refractivity contribution in [3.63, 3.8) is 0 Å². The van der Waals surface area contributed by atoms with E-state index in [1.807, 2.05) is 50.2 Å². The van der Waals surface area contributed by atoms with Gasteiger partial charge in [-0.05, 0) is 54.8 Å². The first-order valence-corrected chi connectivity index (χ1v) is 10.4. The van der Waals surface area contributed by atoms with Crippen molar-refractivity contribution >= 4 is 29.3 Å². The molecule has 1 N–H and O–H groups in total. The quantitative estimate of drug-likeness (QED) is 0.803. The van der Waals surface area contributed by atoms with Crippen molar-refractivity contribution in [2.45, 2.75) is 32.2 Å². The van der Waals surface area contributed by atoms with Crippen molar-refractivity contribution in [2.24, 2.45) is 0 Å². The minimum atomic E-state index is -0.544. The predicted molar refractivity (Wildman–Crippen MR) is 116 cm³/mol. The van der Waals surface area contributed by atoms with E-state index in [0.717, 1.165) is 16.8 Å². The number of thioether (sulfide) groups is 1. The van der Waals surface area contributed by atoms with Crippen LogP contribution in [-0.4, -0.2) is 42.7 Å². The van der Waals surface area contributed by atoms with E-state index in [0.29, 0.717) is 17.3 Å². The number of hydrogen-bond acceptors (Lipinski definition) is 5. The molecule has 3 rings (SSSR count). The summed E-state index contributed by atoms with van der Waals surface area (Å²) in [6.45, 7) is 5.53. The largest absolute Gasteiger partial charge is 0.493 e. The molecule has 2 unspecified atom stereocenters. The number of carbonyl (C=O) groups is 2. The molecular formula is C22H26N2O4S. The molecule has 2 aromatic rings. The van der Waals surface area contributed by atoms with Crippen LogP contribution in [0.15, 0.2) is 36.4 Å². The number of anilines is 1. The fourth-order valence-corrected chi connectivity index (χ4v) is 4.87. The molecule has 1 aliphatic heterocycles. The number of nitrogens with zero attached hydrogens (tertiary/aromatic N) is 1. The standard InChI is InChI=1S/C22H26N2O4S/c1-13-6-8-17(10-14(13)2)23-21(26)18-12-29-22(24(18)15(3)25)16-7-9-19(27-4)20(11-16)28-5/h6-11,18,22H,12H2,1-5H3,(H,23,26). The van der Waals surface area contributed by atoms with Crippen LogP contribution in [0.25, 0.3) is 0 Å². The van der Waals surface area contributed by atoms with Crippen LogP contribution in [-0.2, 0) is 9.59 Å². The molecule has 0 bridgehead atoms. The first-order chi connectivity index (χ1) is 13.8. The van der Waals surface area contributed by atoms with Crippen LogP contribution in [0.5, 0.6) is 11.5 Å². The molecule has 6 nitrogen and oxygen atoms in total. The maximum absolute atomic E-state index is 13.0. The molecule has 2 atom stereocenters. The second-order valence-electron chi connectivity index (χ2n) is 7.03. The van der Waals surface area contributed by atoms with Crippen LogP contribution in [0.1, 0.15) is 29.0 Å². The maximum atomic E-state index is 13.0. The number of nitrogens with one attached hydrogen (secondary N) is 1. The number of amides is 2. The first-order valence-electron chi connectivity index (χ1n) is 9.36. The fourth-order valence-electron chi connectivity index (χ4n) is 3.40. The Kier molecular flexibility index (Phi) is 6.37.